The van der Waals surface area contributed by atoms with Gasteiger partial charge in [0.05, 0.1) is 12.3 Å². The summed E-state index contributed by atoms with van der Waals surface area (Å²) in [5, 5.41) is 3.48. The number of hydrogen-bond acceptors (Lipinski definition) is 4. The van der Waals surface area contributed by atoms with Gasteiger partial charge in [0.1, 0.15) is 11.6 Å². The zero-order valence-corrected chi connectivity index (χ0v) is 19.0. The maximum atomic E-state index is 13.1. The van der Waals surface area contributed by atoms with Crippen LogP contribution in [-0.4, -0.2) is 69.6 Å². The summed E-state index contributed by atoms with van der Waals surface area (Å²) in [7, 11) is 5.89. The Balaban J connectivity index is 0.00000280. The van der Waals surface area contributed by atoms with Gasteiger partial charge < -0.3 is 19.5 Å². The van der Waals surface area contributed by atoms with Gasteiger partial charge in [-0.25, -0.2) is 4.39 Å². The molecule has 1 N–H and O–H groups in total. The van der Waals surface area contributed by atoms with Gasteiger partial charge in [-0.1, -0.05) is 0 Å². The molecular formula is C20H29FIN5O. The molecule has 2 aromatic rings. The third kappa shape index (κ3) is 5.60. The maximum Gasteiger partial charge on any atom is 0.193 e. The number of aliphatic imine (C=N–C) groups is 1. The Kier molecular flexibility index (Phi) is 8.56. The summed E-state index contributed by atoms with van der Waals surface area (Å²) in [4.78, 5) is 11.1. The van der Waals surface area contributed by atoms with E-state index in [0.29, 0.717) is 6.54 Å². The number of hydrogen-bond donors (Lipinski definition) is 1. The molecule has 2 heterocycles. The topological polar surface area (TPSA) is 47.3 Å². The SMILES string of the molecule is CN=C(NCC(c1ccco1)N(C)C)N1CCN(c2ccc(F)cc2)CC1.I. The summed E-state index contributed by atoms with van der Waals surface area (Å²) in [5.41, 5.74) is 1.06. The molecule has 1 saturated heterocycles. The molecule has 6 nitrogen and oxygen atoms in total. The molecule has 1 unspecified atom stereocenters. The third-order valence-electron chi connectivity index (χ3n) is 4.93. The molecule has 1 aromatic heterocycles. The Labute approximate surface area is 183 Å². The largest absolute Gasteiger partial charge is 0.468 e. The molecule has 8 heteroatoms. The molecule has 0 radical (unpaired) electrons. The smallest absolute Gasteiger partial charge is 0.193 e. The van der Waals surface area contributed by atoms with Crippen molar-refractivity contribution < 1.29 is 8.81 Å². The first-order valence-electron chi connectivity index (χ1n) is 9.24. The highest BCUT2D eigenvalue weighted by Gasteiger charge is 2.22. The van der Waals surface area contributed by atoms with Gasteiger partial charge in [-0.05, 0) is 50.5 Å². The zero-order valence-electron chi connectivity index (χ0n) is 16.6. The van der Waals surface area contributed by atoms with Crippen LogP contribution >= 0.6 is 24.0 Å². The van der Waals surface area contributed by atoms with E-state index >= 15 is 0 Å². The van der Waals surface area contributed by atoms with E-state index in [1.54, 1.807) is 6.26 Å². The van der Waals surface area contributed by atoms with Gasteiger partial charge in [-0.3, -0.25) is 9.89 Å². The van der Waals surface area contributed by atoms with Crippen LogP contribution in [0.5, 0.6) is 0 Å². The van der Waals surface area contributed by atoms with Crippen LogP contribution in [0.1, 0.15) is 11.8 Å². The van der Waals surface area contributed by atoms with Crippen LogP contribution < -0.4 is 10.2 Å². The number of benzene rings is 1. The molecule has 0 bridgehead atoms. The molecule has 3 rings (SSSR count). The lowest BCUT2D eigenvalue weighted by atomic mass is 10.2. The first kappa shape index (κ1) is 22.5. The molecule has 1 aromatic carbocycles. The minimum Gasteiger partial charge on any atom is -0.468 e. The molecule has 0 aliphatic carbocycles. The van der Waals surface area contributed by atoms with Crippen LogP contribution in [0.3, 0.4) is 0 Å². The lowest BCUT2D eigenvalue weighted by molar-refractivity contribution is 0.255. The second kappa shape index (κ2) is 10.7. The van der Waals surface area contributed by atoms with Gasteiger partial charge in [0.25, 0.3) is 0 Å². The normalized spacial score (nSPS) is 16.1. The zero-order chi connectivity index (χ0) is 19.2. The van der Waals surface area contributed by atoms with Gasteiger partial charge in [0.2, 0.25) is 0 Å². The number of guanidine groups is 1. The average molecular weight is 501 g/mol. The van der Waals surface area contributed by atoms with Crippen LogP contribution in [0.15, 0.2) is 52.1 Å². The van der Waals surface area contributed by atoms with Crippen molar-refractivity contribution in [2.75, 3.05) is 58.8 Å². The predicted molar refractivity (Wildman–Crippen MR) is 122 cm³/mol. The summed E-state index contributed by atoms with van der Waals surface area (Å²) in [6.07, 6.45) is 1.70. The van der Waals surface area contributed by atoms with E-state index in [-0.39, 0.29) is 35.8 Å². The molecule has 0 amide bonds. The van der Waals surface area contributed by atoms with Crippen LogP contribution in [0.4, 0.5) is 10.1 Å². The molecule has 1 aliphatic rings. The first-order valence-corrected chi connectivity index (χ1v) is 9.24. The first-order chi connectivity index (χ1) is 13.1. The average Bonchev–Trinajstić information content (AvgIpc) is 3.20. The standard InChI is InChI=1S/C20H28FN5O.HI/c1-22-20(23-15-18(24(2)3)19-5-4-14-27-19)26-12-10-25(11-13-26)17-8-6-16(21)7-9-17;/h4-9,14,18H,10-13,15H2,1-3H3,(H,22,23);1H. The van der Waals surface area contributed by atoms with Crippen LogP contribution in [0, 0.1) is 5.82 Å². The molecule has 0 spiro atoms. The summed E-state index contributed by atoms with van der Waals surface area (Å²) < 4.78 is 18.7. The number of piperazine rings is 1. The lowest BCUT2D eigenvalue weighted by Crippen LogP contribution is -2.53. The third-order valence-corrected chi connectivity index (χ3v) is 4.93. The molecule has 1 aliphatic heterocycles. The van der Waals surface area contributed by atoms with Crippen molar-refractivity contribution in [3.05, 3.63) is 54.2 Å². The summed E-state index contributed by atoms with van der Waals surface area (Å²) >= 11 is 0. The van der Waals surface area contributed by atoms with Crippen molar-refractivity contribution in [1.82, 2.24) is 15.1 Å². The Bertz CT molecular complexity index is 728. The molecule has 1 fully saturated rings. The number of anilines is 1. The van der Waals surface area contributed by atoms with E-state index in [0.717, 1.165) is 43.6 Å². The van der Waals surface area contributed by atoms with Gasteiger partial charge in [-0.15, -0.1) is 24.0 Å². The molecule has 154 valence electrons. The lowest BCUT2D eigenvalue weighted by Gasteiger charge is -2.38. The van der Waals surface area contributed by atoms with Crippen molar-refractivity contribution >= 4 is 35.6 Å². The number of nitrogens with one attached hydrogen (secondary N) is 1. The molecule has 0 saturated carbocycles. The molecular weight excluding hydrogens is 472 g/mol. The van der Waals surface area contributed by atoms with E-state index in [9.17, 15) is 4.39 Å². The van der Waals surface area contributed by atoms with Crippen molar-refractivity contribution in [2.24, 2.45) is 4.99 Å². The summed E-state index contributed by atoms with van der Waals surface area (Å²) in [5.74, 6) is 1.63. The molecule has 28 heavy (non-hydrogen) atoms. The fourth-order valence-corrected chi connectivity index (χ4v) is 3.37. The fraction of sp³-hybridized carbons (Fsp3) is 0.450. The van der Waals surface area contributed by atoms with E-state index in [4.69, 9.17) is 4.42 Å². The summed E-state index contributed by atoms with van der Waals surface area (Å²) in [6, 6.07) is 10.7. The van der Waals surface area contributed by atoms with E-state index in [2.05, 4.69) is 25.0 Å². The quantitative estimate of drug-likeness (QED) is 0.388. The van der Waals surface area contributed by atoms with Crippen LogP contribution in [-0.2, 0) is 0 Å². The number of furan rings is 1. The fourth-order valence-electron chi connectivity index (χ4n) is 3.37. The van der Waals surface area contributed by atoms with E-state index < -0.39 is 0 Å². The Morgan fingerprint density at radius 1 is 1.18 bits per heavy atom. The number of halogens is 2. The number of nitrogens with zero attached hydrogens (tertiary/aromatic N) is 4. The minimum atomic E-state index is -0.200. The maximum absolute atomic E-state index is 13.1. The second-order valence-electron chi connectivity index (χ2n) is 6.87. The highest BCUT2D eigenvalue weighted by Crippen LogP contribution is 2.19. The van der Waals surface area contributed by atoms with Crippen LogP contribution in [0.25, 0.3) is 0 Å². The summed E-state index contributed by atoms with van der Waals surface area (Å²) in [6.45, 7) is 4.20. The van der Waals surface area contributed by atoms with Crippen LogP contribution in [0.2, 0.25) is 0 Å². The van der Waals surface area contributed by atoms with Crippen molar-refractivity contribution in [3.63, 3.8) is 0 Å². The van der Waals surface area contributed by atoms with E-state index in [1.165, 1.54) is 12.1 Å². The Morgan fingerprint density at radius 3 is 2.39 bits per heavy atom. The Morgan fingerprint density at radius 2 is 1.86 bits per heavy atom. The highest BCUT2D eigenvalue weighted by atomic mass is 127. The number of likely N-dealkylation sites (N-methyl/N-ethyl adjacent to an activating group) is 1. The van der Waals surface area contributed by atoms with Crippen molar-refractivity contribution in [2.45, 2.75) is 6.04 Å². The van der Waals surface area contributed by atoms with Crippen molar-refractivity contribution in [1.29, 1.82) is 0 Å². The minimum absolute atomic E-state index is 0. The predicted octanol–water partition coefficient (Wildman–Crippen LogP) is 3.04. The number of rotatable bonds is 5. The van der Waals surface area contributed by atoms with Gasteiger partial charge >= 0.3 is 0 Å². The second-order valence-corrected chi connectivity index (χ2v) is 6.87. The van der Waals surface area contributed by atoms with Gasteiger partial charge in [0, 0.05) is 45.5 Å². The highest BCUT2D eigenvalue weighted by molar-refractivity contribution is 14.0. The monoisotopic (exact) mass is 501 g/mol. The van der Waals surface area contributed by atoms with Gasteiger partial charge in [-0.2, -0.15) is 0 Å². The Hall–Kier alpha value is -1.81. The molecule has 1 atom stereocenters. The van der Waals surface area contributed by atoms with Crippen molar-refractivity contribution in [3.8, 4) is 0 Å². The van der Waals surface area contributed by atoms with Gasteiger partial charge in [0.15, 0.2) is 5.96 Å². The van der Waals surface area contributed by atoms with E-state index in [1.807, 2.05) is 45.4 Å².